The molecule has 1 amide bonds. The third-order valence-corrected chi connectivity index (χ3v) is 5.11. The van der Waals surface area contributed by atoms with Gasteiger partial charge in [0.2, 0.25) is 0 Å². The van der Waals surface area contributed by atoms with Crippen molar-refractivity contribution in [3.05, 3.63) is 107 Å². The summed E-state index contributed by atoms with van der Waals surface area (Å²) in [6, 6.07) is 15.3. The first kappa shape index (κ1) is 19.5. The van der Waals surface area contributed by atoms with Crippen molar-refractivity contribution in [2.24, 2.45) is 0 Å². The maximum absolute atomic E-state index is 14.0. The number of Topliss-reactive ketones (excluding diaryl/α,β-unsaturated/α-hetero) is 1. The van der Waals surface area contributed by atoms with E-state index in [1.807, 2.05) is 6.92 Å². The van der Waals surface area contributed by atoms with Gasteiger partial charge in [-0.15, -0.1) is 0 Å². The van der Waals surface area contributed by atoms with Gasteiger partial charge in [-0.1, -0.05) is 48.0 Å². The van der Waals surface area contributed by atoms with Gasteiger partial charge in [0.05, 0.1) is 11.6 Å². The Kier molecular flexibility index (Phi) is 5.14. The molecule has 1 saturated heterocycles. The standard InChI is InChI=1S/C24H19FN2O3/c1-15-7-9-17(10-8-15)22(28)20-21(18-5-2-6-19(25)12-18)27(24(30)23(20)29)14-16-4-3-11-26-13-16/h2-13,21,28H,14H2,1H3. The first-order chi connectivity index (χ1) is 14.5. The molecule has 5 nitrogen and oxygen atoms in total. The molecule has 1 N–H and O–H groups in total. The number of likely N-dealkylation sites (tertiary alicyclic amines) is 1. The maximum Gasteiger partial charge on any atom is 0.295 e. The van der Waals surface area contributed by atoms with Gasteiger partial charge in [-0.3, -0.25) is 14.6 Å². The lowest BCUT2D eigenvalue weighted by Crippen LogP contribution is -2.29. The summed E-state index contributed by atoms with van der Waals surface area (Å²) in [7, 11) is 0. The predicted molar refractivity (Wildman–Crippen MR) is 110 cm³/mol. The number of aliphatic hydroxyl groups is 1. The molecule has 1 aliphatic rings. The minimum Gasteiger partial charge on any atom is -0.507 e. The Morgan fingerprint density at radius 3 is 2.53 bits per heavy atom. The Balaban J connectivity index is 1.87. The number of halogens is 1. The van der Waals surface area contributed by atoms with Gasteiger partial charge in [0.15, 0.2) is 0 Å². The van der Waals surface area contributed by atoms with Crippen LogP contribution in [0.5, 0.6) is 0 Å². The number of pyridine rings is 1. The van der Waals surface area contributed by atoms with Gasteiger partial charge >= 0.3 is 0 Å². The van der Waals surface area contributed by atoms with E-state index in [1.165, 1.54) is 23.1 Å². The fourth-order valence-corrected chi connectivity index (χ4v) is 3.62. The molecule has 2 aromatic carbocycles. The molecule has 0 bridgehead atoms. The van der Waals surface area contributed by atoms with Crippen molar-refractivity contribution in [3.63, 3.8) is 0 Å². The van der Waals surface area contributed by atoms with Crippen LogP contribution in [-0.2, 0) is 16.1 Å². The summed E-state index contributed by atoms with van der Waals surface area (Å²) in [6.45, 7) is 2.01. The van der Waals surface area contributed by atoms with Crippen molar-refractivity contribution in [1.29, 1.82) is 0 Å². The highest BCUT2D eigenvalue weighted by molar-refractivity contribution is 6.46. The van der Waals surface area contributed by atoms with E-state index in [0.29, 0.717) is 11.1 Å². The van der Waals surface area contributed by atoms with E-state index in [4.69, 9.17) is 0 Å². The van der Waals surface area contributed by atoms with Crippen LogP contribution in [0.3, 0.4) is 0 Å². The number of rotatable bonds is 4. The molecule has 0 aliphatic carbocycles. The molecule has 1 fully saturated rings. The molecular formula is C24H19FN2O3. The zero-order chi connectivity index (χ0) is 21.3. The van der Waals surface area contributed by atoms with Crippen LogP contribution in [0, 0.1) is 12.7 Å². The fraction of sp³-hybridized carbons (Fsp3) is 0.125. The number of nitrogens with zero attached hydrogens (tertiary/aromatic N) is 2. The van der Waals surface area contributed by atoms with Crippen molar-refractivity contribution in [2.45, 2.75) is 19.5 Å². The minimum absolute atomic E-state index is 0.0571. The number of carbonyl (C=O) groups is 2. The second kappa shape index (κ2) is 7.91. The smallest absolute Gasteiger partial charge is 0.295 e. The van der Waals surface area contributed by atoms with Crippen LogP contribution in [0.1, 0.15) is 28.3 Å². The normalized spacial score (nSPS) is 18.1. The van der Waals surface area contributed by atoms with E-state index < -0.39 is 23.5 Å². The monoisotopic (exact) mass is 402 g/mol. The second-order valence-corrected chi connectivity index (χ2v) is 7.21. The number of amides is 1. The lowest BCUT2D eigenvalue weighted by Gasteiger charge is -2.25. The molecule has 150 valence electrons. The summed E-state index contributed by atoms with van der Waals surface area (Å²) in [5.41, 5.74) is 2.48. The topological polar surface area (TPSA) is 70.5 Å². The van der Waals surface area contributed by atoms with Crippen LogP contribution >= 0.6 is 0 Å². The molecule has 1 aromatic heterocycles. The summed E-state index contributed by atoms with van der Waals surface area (Å²) in [6.07, 6.45) is 3.21. The van der Waals surface area contributed by atoms with E-state index in [1.54, 1.807) is 54.9 Å². The number of aliphatic hydroxyl groups excluding tert-OH is 1. The molecule has 4 rings (SSSR count). The molecule has 1 aliphatic heterocycles. The SMILES string of the molecule is Cc1ccc(C(O)=C2C(=O)C(=O)N(Cc3cccnc3)C2c2cccc(F)c2)cc1. The van der Waals surface area contributed by atoms with Crippen LogP contribution in [0.15, 0.2) is 78.6 Å². The third-order valence-electron chi connectivity index (χ3n) is 5.11. The average molecular weight is 402 g/mol. The van der Waals surface area contributed by atoms with Crippen molar-refractivity contribution in [2.75, 3.05) is 0 Å². The van der Waals surface area contributed by atoms with Gasteiger partial charge < -0.3 is 10.0 Å². The van der Waals surface area contributed by atoms with E-state index in [0.717, 1.165) is 11.1 Å². The van der Waals surface area contributed by atoms with Gasteiger partial charge in [-0.25, -0.2) is 4.39 Å². The zero-order valence-corrected chi connectivity index (χ0v) is 16.2. The van der Waals surface area contributed by atoms with Gasteiger partial charge in [-0.2, -0.15) is 0 Å². The van der Waals surface area contributed by atoms with E-state index in [-0.39, 0.29) is 17.9 Å². The molecule has 30 heavy (non-hydrogen) atoms. The Morgan fingerprint density at radius 1 is 1.10 bits per heavy atom. The predicted octanol–water partition coefficient (Wildman–Crippen LogP) is 4.15. The van der Waals surface area contributed by atoms with Crippen molar-refractivity contribution >= 4 is 17.4 Å². The van der Waals surface area contributed by atoms with E-state index >= 15 is 0 Å². The highest BCUT2D eigenvalue weighted by Crippen LogP contribution is 2.40. The largest absolute Gasteiger partial charge is 0.507 e. The zero-order valence-electron chi connectivity index (χ0n) is 16.2. The Labute approximate surface area is 173 Å². The van der Waals surface area contributed by atoms with Gasteiger partial charge in [0, 0.05) is 24.5 Å². The third kappa shape index (κ3) is 3.59. The molecule has 0 saturated carbocycles. The number of hydrogen-bond donors (Lipinski definition) is 1. The summed E-state index contributed by atoms with van der Waals surface area (Å²) in [5, 5.41) is 11.0. The van der Waals surface area contributed by atoms with E-state index in [9.17, 15) is 19.1 Å². The summed E-state index contributed by atoms with van der Waals surface area (Å²) in [5.74, 6) is -2.32. The molecule has 0 spiro atoms. The molecule has 1 unspecified atom stereocenters. The van der Waals surface area contributed by atoms with Crippen molar-refractivity contribution in [1.82, 2.24) is 9.88 Å². The molecule has 3 aromatic rings. The number of aryl methyl sites for hydroxylation is 1. The van der Waals surface area contributed by atoms with Crippen LogP contribution in [0.25, 0.3) is 5.76 Å². The molecule has 1 atom stereocenters. The average Bonchev–Trinajstić information content (AvgIpc) is 2.99. The fourth-order valence-electron chi connectivity index (χ4n) is 3.62. The number of carbonyl (C=O) groups excluding carboxylic acids is 2. The van der Waals surface area contributed by atoms with Crippen LogP contribution in [-0.4, -0.2) is 26.7 Å². The van der Waals surface area contributed by atoms with Gasteiger partial charge in [0.25, 0.3) is 11.7 Å². The first-order valence-electron chi connectivity index (χ1n) is 9.45. The number of hydrogen-bond acceptors (Lipinski definition) is 4. The summed E-state index contributed by atoms with van der Waals surface area (Å²) in [4.78, 5) is 31.2. The lowest BCUT2D eigenvalue weighted by atomic mass is 9.95. The molecule has 6 heteroatoms. The molecular weight excluding hydrogens is 383 g/mol. The summed E-state index contributed by atoms with van der Waals surface area (Å²) < 4.78 is 14.0. The van der Waals surface area contributed by atoms with Gasteiger partial charge in [0.1, 0.15) is 11.6 Å². The number of benzene rings is 2. The molecule has 2 heterocycles. The highest BCUT2D eigenvalue weighted by atomic mass is 19.1. The van der Waals surface area contributed by atoms with Crippen molar-refractivity contribution in [3.8, 4) is 0 Å². The van der Waals surface area contributed by atoms with Crippen LogP contribution in [0.4, 0.5) is 4.39 Å². The Morgan fingerprint density at radius 2 is 1.87 bits per heavy atom. The molecule has 0 radical (unpaired) electrons. The summed E-state index contributed by atoms with van der Waals surface area (Å²) >= 11 is 0. The highest BCUT2D eigenvalue weighted by Gasteiger charge is 2.46. The van der Waals surface area contributed by atoms with E-state index in [2.05, 4.69) is 4.98 Å². The lowest BCUT2D eigenvalue weighted by molar-refractivity contribution is -0.140. The quantitative estimate of drug-likeness (QED) is 0.404. The van der Waals surface area contributed by atoms with Crippen LogP contribution < -0.4 is 0 Å². The second-order valence-electron chi connectivity index (χ2n) is 7.21. The number of ketones is 1. The Hall–Kier alpha value is -3.80. The minimum atomic E-state index is -0.915. The number of aromatic nitrogens is 1. The Bertz CT molecular complexity index is 1140. The maximum atomic E-state index is 14.0. The van der Waals surface area contributed by atoms with Crippen molar-refractivity contribution < 1.29 is 19.1 Å². The van der Waals surface area contributed by atoms with Gasteiger partial charge in [-0.05, 0) is 36.2 Å². The van der Waals surface area contributed by atoms with Crippen LogP contribution in [0.2, 0.25) is 0 Å². The first-order valence-corrected chi connectivity index (χ1v) is 9.45.